The summed E-state index contributed by atoms with van der Waals surface area (Å²) in [6, 6.07) is 7.81. The highest BCUT2D eigenvalue weighted by Crippen LogP contribution is 2.26. The molecule has 1 fully saturated rings. The van der Waals surface area contributed by atoms with Gasteiger partial charge in [-0.2, -0.15) is 0 Å². The van der Waals surface area contributed by atoms with Crippen LogP contribution in [0, 0.1) is 5.92 Å². The van der Waals surface area contributed by atoms with E-state index < -0.39 is 6.10 Å². The summed E-state index contributed by atoms with van der Waals surface area (Å²) < 4.78 is 16.8. The van der Waals surface area contributed by atoms with Crippen LogP contribution in [0.2, 0.25) is 0 Å². The van der Waals surface area contributed by atoms with Gasteiger partial charge in [-0.3, -0.25) is 0 Å². The molecule has 0 aliphatic heterocycles. The van der Waals surface area contributed by atoms with E-state index >= 15 is 0 Å². The second-order valence-corrected chi connectivity index (χ2v) is 6.72. The Bertz CT molecular complexity index is 445. The molecule has 5 nitrogen and oxygen atoms in total. The van der Waals surface area contributed by atoms with E-state index in [9.17, 15) is 5.11 Å². The quantitative estimate of drug-likeness (QED) is 0.574. The highest BCUT2D eigenvalue weighted by atomic mass is 16.5. The molecule has 1 aliphatic carbocycles. The molecule has 136 valence electrons. The van der Waals surface area contributed by atoms with Crippen molar-refractivity contribution in [3.8, 4) is 11.5 Å². The standard InChI is InChI=1S/C19H31NO4/c1-15(2)20-12-17(21)14-24-19-8-6-18(7-9-19)23-11-10-22-13-16-4-3-5-16/h6-9,15-17,20-21H,3-5,10-14H2,1-2H3. The van der Waals surface area contributed by atoms with Gasteiger partial charge in [-0.1, -0.05) is 20.3 Å². The fourth-order valence-electron chi connectivity index (χ4n) is 2.38. The fourth-order valence-corrected chi connectivity index (χ4v) is 2.38. The third-order valence-corrected chi connectivity index (χ3v) is 4.10. The first-order valence-electron chi connectivity index (χ1n) is 8.98. The van der Waals surface area contributed by atoms with Gasteiger partial charge in [-0.05, 0) is 43.0 Å². The summed E-state index contributed by atoms with van der Waals surface area (Å²) in [6.45, 7) is 6.95. The van der Waals surface area contributed by atoms with Gasteiger partial charge < -0.3 is 24.6 Å². The van der Waals surface area contributed by atoms with Crippen LogP contribution in [0.25, 0.3) is 0 Å². The van der Waals surface area contributed by atoms with Crippen LogP contribution in [-0.4, -0.2) is 50.2 Å². The number of rotatable bonds is 12. The van der Waals surface area contributed by atoms with Crippen LogP contribution >= 0.6 is 0 Å². The molecule has 5 heteroatoms. The molecule has 24 heavy (non-hydrogen) atoms. The zero-order chi connectivity index (χ0) is 17.2. The highest BCUT2D eigenvalue weighted by Gasteiger charge is 2.16. The lowest BCUT2D eigenvalue weighted by atomic mass is 9.86. The minimum absolute atomic E-state index is 0.273. The number of hydrogen-bond acceptors (Lipinski definition) is 5. The van der Waals surface area contributed by atoms with E-state index in [1.54, 1.807) is 0 Å². The van der Waals surface area contributed by atoms with Crippen molar-refractivity contribution >= 4 is 0 Å². The predicted molar refractivity (Wildman–Crippen MR) is 94.7 cm³/mol. The second-order valence-electron chi connectivity index (χ2n) is 6.72. The van der Waals surface area contributed by atoms with E-state index in [0.29, 0.717) is 25.8 Å². The molecule has 0 radical (unpaired) electrons. The molecule has 1 aromatic rings. The Kier molecular flexibility index (Phi) is 8.36. The monoisotopic (exact) mass is 337 g/mol. The lowest BCUT2D eigenvalue weighted by Crippen LogP contribution is -2.35. The SMILES string of the molecule is CC(C)NCC(O)COc1ccc(OCCOCC2CCC2)cc1. The maximum absolute atomic E-state index is 9.82. The van der Waals surface area contributed by atoms with Gasteiger partial charge in [0.2, 0.25) is 0 Å². The Morgan fingerprint density at radius 1 is 1.08 bits per heavy atom. The van der Waals surface area contributed by atoms with Crippen molar-refractivity contribution in [2.45, 2.75) is 45.3 Å². The van der Waals surface area contributed by atoms with Gasteiger partial charge >= 0.3 is 0 Å². The van der Waals surface area contributed by atoms with E-state index in [1.807, 2.05) is 38.1 Å². The lowest BCUT2D eigenvalue weighted by molar-refractivity contribution is 0.0515. The molecule has 1 aliphatic rings. The Labute approximate surface area is 145 Å². The van der Waals surface area contributed by atoms with E-state index in [1.165, 1.54) is 19.3 Å². The van der Waals surface area contributed by atoms with Crippen LogP contribution in [0.4, 0.5) is 0 Å². The van der Waals surface area contributed by atoms with Crippen LogP contribution in [-0.2, 0) is 4.74 Å². The van der Waals surface area contributed by atoms with Gasteiger partial charge in [0.1, 0.15) is 30.8 Å². The second kappa shape index (κ2) is 10.5. The van der Waals surface area contributed by atoms with Crippen LogP contribution in [0.1, 0.15) is 33.1 Å². The molecular formula is C19H31NO4. The summed E-state index contributed by atoms with van der Waals surface area (Å²) >= 11 is 0. The Balaban J connectivity index is 1.56. The summed E-state index contributed by atoms with van der Waals surface area (Å²) in [5.41, 5.74) is 0. The van der Waals surface area contributed by atoms with Crippen molar-refractivity contribution in [3.05, 3.63) is 24.3 Å². The molecule has 2 rings (SSSR count). The topological polar surface area (TPSA) is 60.0 Å². The lowest BCUT2D eigenvalue weighted by Gasteiger charge is -2.24. The summed E-state index contributed by atoms with van der Waals surface area (Å²) in [6.07, 6.45) is 3.45. The molecule has 0 amide bonds. The molecule has 1 saturated carbocycles. The van der Waals surface area contributed by atoms with Crippen molar-refractivity contribution in [2.24, 2.45) is 5.92 Å². The molecule has 0 bridgehead atoms. The van der Waals surface area contributed by atoms with Crippen molar-refractivity contribution in [2.75, 3.05) is 33.0 Å². The van der Waals surface area contributed by atoms with Crippen LogP contribution in [0.3, 0.4) is 0 Å². The van der Waals surface area contributed by atoms with Gasteiger partial charge in [-0.15, -0.1) is 0 Å². The molecule has 1 aromatic carbocycles. The summed E-state index contributed by atoms with van der Waals surface area (Å²) in [4.78, 5) is 0. The van der Waals surface area contributed by atoms with Gasteiger partial charge in [0.05, 0.1) is 6.61 Å². The van der Waals surface area contributed by atoms with Crippen molar-refractivity contribution in [3.63, 3.8) is 0 Å². The zero-order valence-electron chi connectivity index (χ0n) is 14.9. The summed E-state index contributed by atoms with van der Waals surface area (Å²) in [5.74, 6) is 2.30. The minimum atomic E-state index is -0.517. The molecule has 1 atom stereocenters. The van der Waals surface area contributed by atoms with Gasteiger partial charge in [0, 0.05) is 19.2 Å². The van der Waals surface area contributed by atoms with Crippen molar-refractivity contribution < 1.29 is 19.3 Å². The highest BCUT2D eigenvalue weighted by molar-refractivity contribution is 5.31. The maximum atomic E-state index is 9.82. The van der Waals surface area contributed by atoms with Crippen LogP contribution in [0.15, 0.2) is 24.3 Å². The van der Waals surface area contributed by atoms with E-state index in [2.05, 4.69) is 5.32 Å². The van der Waals surface area contributed by atoms with Gasteiger partial charge in [0.25, 0.3) is 0 Å². The Hall–Kier alpha value is -1.30. The molecule has 2 N–H and O–H groups in total. The number of aliphatic hydroxyl groups is 1. The summed E-state index contributed by atoms with van der Waals surface area (Å²) in [7, 11) is 0. The average molecular weight is 337 g/mol. The third kappa shape index (κ3) is 7.51. The van der Waals surface area contributed by atoms with E-state index in [0.717, 1.165) is 24.0 Å². The number of nitrogens with one attached hydrogen (secondary N) is 1. The average Bonchev–Trinajstić information content (AvgIpc) is 2.53. The number of ether oxygens (including phenoxy) is 3. The molecule has 0 heterocycles. The normalized spacial score (nSPS) is 16.0. The van der Waals surface area contributed by atoms with Gasteiger partial charge in [-0.25, -0.2) is 0 Å². The van der Waals surface area contributed by atoms with Crippen molar-refractivity contribution in [1.29, 1.82) is 0 Å². The largest absolute Gasteiger partial charge is 0.491 e. The smallest absolute Gasteiger partial charge is 0.119 e. The van der Waals surface area contributed by atoms with Gasteiger partial charge in [0.15, 0.2) is 0 Å². The fraction of sp³-hybridized carbons (Fsp3) is 0.684. The minimum Gasteiger partial charge on any atom is -0.491 e. The van der Waals surface area contributed by atoms with Crippen LogP contribution < -0.4 is 14.8 Å². The Morgan fingerprint density at radius 3 is 2.33 bits per heavy atom. The maximum Gasteiger partial charge on any atom is 0.119 e. The zero-order valence-corrected chi connectivity index (χ0v) is 14.9. The third-order valence-electron chi connectivity index (χ3n) is 4.10. The Morgan fingerprint density at radius 2 is 1.75 bits per heavy atom. The molecular weight excluding hydrogens is 306 g/mol. The number of hydrogen-bond donors (Lipinski definition) is 2. The predicted octanol–water partition coefficient (Wildman–Crippen LogP) is 2.62. The molecule has 1 unspecified atom stereocenters. The first-order chi connectivity index (χ1) is 11.6. The number of benzene rings is 1. The number of aliphatic hydroxyl groups excluding tert-OH is 1. The summed E-state index contributed by atoms with van der Waals surface area (Å²) in [5, 5.41) is 13.0. The molecule has 0 spiro atoms. The van der Waals surface area contributed by atoms with E-state index in [4.69, 9.17) is 14.2 Å². The van der Waals surface area contributed by atoms with Crippen LogP contribution in [0.5, 0.6) is 11.5 Å². The van der Waals surface area contributed by atoms with E-state index in [-0.39, 0.29) is 6.61 Å². The molecule has 0 saturated heterocycles. The first kappa shape index (κ1) is 19.0. The molecule has 0 aromatic heterocycles. The first-order valence-corrected chi connectivity index (χ1v) is 8.98. The van der Waals surface area contributed by atoms with Crippen molar-refractivity contribution in [1.82, 2.24) is 5.32 Å².